The quantitative estimate of drug-likeness (QED) is 0.0702. The minimum atomic E-state index is -1.22. The summed E-state index contributed by atoms with van der Waals surface area (Å²) in [5.41, 5.74) is 6.39. The largest absolute Gasteiger partial charge is 3.00 e. The zero-order valence-corrected chi connectivity index (χ0v) is 33.9. The van der Waals surface area contributed by atoms with Crippen LogP contribution in [0.5, 0.6) is 11.5 Å². The van der Waals surface area contributed by atoms with Crippen LogP contribution in [0.4, 0.5) is 0 Å². The van der Waals surface area contributed by atoms with Crippen molar-refractivity contribution in [2.45, 2.75) is 12.8 Å². The molecule has 0 aliphatic heterocycles. The molecule has 0 atom stereocenters. The Morgan fingerprint density at radius 1 is 0.464 bits per heavy atom. The smallest absolute Gasteiger partial charge is 0.872 e. The number of hydrogen-bond donors (Lipinski definition) is 2. The number of nitrogens with one attached hydrogen (secondary N) is 2. The normalized spacial score (nSPS) is 11.2. The second-order valence-electron chi connectivity index (χ2n) is 13.2. The molecular formula is C46H46BCl2MnN4O2. The summed E-state index contributed by atoms with van der Waals surface area (Å²) in [6.07, 6.45) is 3.74. The van der Waals surface area contributed by atoms with Gasteiger partial charge >= 0.3 is 17.1 Å². The van der Waals surface area contributed by atoms with E-state index in [4.69, 9.17) is 23.2 Å². The van der Waals surface area contributed by atoms with Gasteiger partial charge in [-0.15, -0.1) is 0 Å². The Kier molecular flexibility index (Phi) is 18.9. The maximum absolute atomic E-state index is 11.6. The standard InChI is InChI=1S/C24H20B.C22H28Cl2N4O2.Mn/c1-5-13-21(14-6-1)25(22-15-7-2-8-16-22,23-17-9-3-10-18-23)24-19-11-4-12-20-24;23-19-3-5-21(29)17(13-19)15-27-9-1-7-25-11-12-26-8-2-10-28-16-18-14-20(24)4-6-22(18)30;/h1-20H;3-6,13-16,25-26,29-30H,1-2,7-12H2;/q-1;;+3/p-2. The summed E-state index contributed by atoms with van der Waals surface area (Å²) in [6, 6.07) is 52.8. The van der Waals surface area contributed by atoms with Gasteiger partial charge in [0.15, 0.2) is 0 Å². The van der Waals surface area contributed by atoms with Crippen molar-refractivity contribution in [2.75, 3.05) is 39.3 Å². The number of nitrogens with zero attached hydrogens (tertiary/aromatic N) is 2. The van der Waals surface area contributed by atoms with Crippen LogP contribution in [0, 0.1) is 0 Å². The second-order valence-corrected chi connectivity index (χ2v) is 14.0. The first kappa shape index (κ1) is 44.1. The number of hydrogen-bond acceptors (Lipinski definition) is 6. The number of aliphatic imine (C=N–C) groups is 2. The number of benzene rings is 6. The first-order valence-electron chi connectivity index (χ1n) is 18.7. The van der Waals surface area contributed by atoms with Crippen molar-refractivity contribution in [2.24, 2.45) is 9.98 Å². The fraction of sp³-hybridized carbons (Fsp3) is 0.174. The van der Waals surface area contributed by atoms with Gasteiger partial charge in [-0.3, -0.25) is 9.98 Å². The molecule has 0 saturated carbocycles. The van der Waals surface area contributed by atoms with E-state index in [9.17, 15) is 10.2 Å². The van der Waals surface area contributed by atoms with E-state index in [1.54, 1.807) is 36.7 Å². The van der Waals surface area contributed by atoms with Crippen molar-refractivity contribution in [3.63, 3.8) is 0 Å². The van der Waals surface area contributed by atoms with Gasteiger partial charge in [0.1, 0.15) is 6.15 Å². The van der Waals surface area contributed by atoms with Gasteiger partial charge in [0, 0.05) is 48.7 Å². The molecule has 0 bridgehead atoms. The summed E-state index contributed by atoms with van der Waals surface area (Å²) in [5, 5.41) is 31.0. The van der Waals surface area contributed by atoms with E-state index in [0.717, 1.165) is 39.0 Å². The molecule has 56 heavy (non-hydrogen) atoms. The van der Waals surface area contributed by atoms with E-state index in [1.807, 2.05) is 0 Å². The van der Waals surface area contributed by atoms with Gasteiger partial charge in [0.2, 0.25) is 0 Å². The van der Waals surface area contributed by atoms with E-state index in [0.29, 0.717) is 34.3 Å². The molecule has 2 N–H and O–H groups in total. The third kappa shape index (κ3) is 13.0. The Morgan fingerprint density at radius 2 is 0.786 bits per heavy atom. The summed E-state index contributed by atoms with van der Waals surface area (Å²) in [7, 11) is 0. The molecule has 6 nitrogen and oxygen atoms in total. The molecule has 0 amide bonds. The van der Waals surface area contributed by atoms with Gasteiger partial charge in [-0.05, 0) is 61.3 Å². The Morgan fingerprint density at radius 3 is 1.11 bits per heavy atom. The van der Waals surface area contributed by atoms with Crippen LogP contribution in [-0.2, 0) is 17.1 Å². The predicted molar refractivity (Wildman–Crippen MR) is 232 cm³/mol. The van der Waals surface area contributed by atoms with E-state index in [2.05, 4.69) is 142 Å². The molecule has 0 aliphatic carbocycles. The van der Waals surface area contributed by atoms with Crippen LogP contribution in [0.2, 0.25) is 10.0 Å². The fourth-order valence-corrected chi connectivity index (χ4v) is 7.07. The average Bonchev–Trinajstić information content (AvgIpc) is 3.22. The maximum Gasteiger partial charge on any atom is 3.00 e. The van der Waals surface area contributed by atoms with Crippen LogP contribution in [0.25, 0.3) is 0 Å². The minimum Gasteiger partial charge on any atom is -0.872 e. The van der Waals surface area contributed by atoms with E-state index < -0.39 is 6.15 Å². The van der Waals surface area contributed by atoms with Crippen molar-refractivity contribution in [1.82, 2.24) is 10.6 Å². The Hall–Kier alpha value is -4.66. The van der Waals surface area contributed by atoms with Crippen molar-refractivity contribution in [1.29, 1.82) is 0 Å². The summed E-state index contributed by atoms with van der Waals surface area (Å²) < 4.78 is 0. The molecule has 6 aromatic carbocycles. The van der Waals surface area contributed by atoms with Crippen molar-refractivity contribution in [3.05, 3.63) is 179 Å². The monoisotopic (exact) mass is 822 g/mol. The van der Waals surface area contributed by atoms with Gasteiger partial charge in [-0.2, -0.15) is 21.9 Å². The third-order valence-corrected chi connectivity index (χ3v) is 9.83. The van der Waals surface area contributed by atoms with Crippen molar-refractivity contribution >= 4 is 63.6 Å². The summed E-state index contributed by atoms with van der Waals surface area (Å²) in [6.45, 7) is 4.77. The van der Waals surface area contributed by atoms with Gasteiger partial charge < -0.3 is 20.8 Å². The van der Waals surface area contributed by atoms with E-state index in [-0.39, 0.29) is 28.6 Å². The number of halogens is 2. The molecule has 0 spiro atoms. The topological polar surface area (TPSA) is 94.9 Å². The van der Waals surface area contributed by atoms with Crippen LogP contribution in [0.15, 0.2) is 168 Å². The first-order chi connectivity index (χ1) is 27.0. The Balaban J connectivity index is 0.000000247. The van der Waals surface area contributed by atoms with Crippen LogP contribution in [-0.4, -0.2) is 57.8 Å². The van der Waals surface area contributed by atoms with Gasteiger partial charge in [0.05, 0.1) is 0 Å². The molecule has 0 heterocycles. The third-order valence-electron chi connectivity index (χ3n) is 9.36. The maximum atomic E-state index is 11.6. The van der Waals surface area contributed by atoms with Gasteiger partial charge in [0.25, 0.3) is 0 Å². The van der Waals surface area contributed by atoms with Gasteiger partial charge in [-0.25, -0.2) is 0 Å². The molecule has 0 radical (unpaired) electrons. The molecule has 286 valence electrons. The average molecular weight is 824 g/mol. The molecule has 0 aromatic heterocycles. The van der Waals surface area contributed by atoms with Crippen LogP contribution < -0.4 is 42.7 Å². The minimum absolute atomic E-state index is 0. The van der Waals surface area contributed by atoms with E-state index >= 15 is 0 Å². The summed E-state index contributed by atoms with van der Waals surface area (Å²) in [5.74, 6) is -0.143. The van der Waals surface area contributed by atoms with E-state index in [1.165, 1.54) is 34.0 Å². The summed E-state index contributed by atoms with van der Waals surface area (Å²) in [4.78, 5) is 8.54. The molecule has 0 unspecified atom stereocenters. The van der Waals surface area contributed by atoms with Gasteiger partial charge in [-0.1, -0.05) is 168 Å². The second kappa shape index (κ2) is 24.1. The Labute approximate surface area is 352 Å². The molecule has 0 aliphatic rings. The van der Waals surface area contributed by atoms with Crippen molar-refractivity contribution in [3.8, 4) is 11.5 Å². The molecular weight excluding hydrogens is 777 g/mol. The predicted octanol–water partition coefficient (Wildman–Crippen LogP) is 5.70. The van der Waals surface area contributed by atoms with Crippen LogP contribution in [0.3, 0.4) is 0 Å². The fourth-order valence-electron chi connectivity index (χ4n) is 6.71. The Bertz CT molecular complexity index is 1840. The molecule has 0 saturated heterocycles. The molecule has 10 heteroatoms. The SMILES string of the molecule is [Mn+3].[O-]c1ccc(Cl)cc1C=NCCCNCCNCCCN=Cc1cc(Cl)ccc1[O-].c1ccc([B-](c2ccccc2)(c2ccccc2)c2ccccc2)cc1. The molecule has 6 aromatic rings. The zero-order chi connectivity index (χ0) is 38.6. The molecule has 0 fully saturated rings. The summed E-state index contributed by atoms with van der Waals surface area (Å²) >= 11 is 11.7. The first-order valence-corrected chi connectivity index (χ1v) is 19.5. The molecule has 6 rings (SSSR count). The number of rotatable bonds is 17. The zero-order valence-electron chi connectivity index (χ0n) is 31.2. The van der Waals surface area contributed by atoms with Crippen molar-refractivity contribution < 1.29 is 27.3 Å². The van der Waals surface area contributed by atoms with Crippen LogP contribution in [0.1, 0.15) is 24.0 Å². The van der Waals surface area contributed by atoms with Crippen LogP contribution >= 0.6 is 23.2 Å².